The molecule has 106 valence electrons. The summed E-state index contributed by atoms with van der Waals surface area (Å²) in [6.07, 6.45) is 1.12. The lowest BCUT2D eigenvalue weighted by Gasteiger charge is -2.36. The molecule has 1 N–H and O–H groups in total. The molecule has 1 aromatic carbocycles. The van der Waals surface area contributed by atoms with Crippen molar-refractivity contribution in [1.82, 2.24) is 5.32 Å². The van der Waals surface area contributed by atoms with E-state index < -0.39 is 0 Å². The van der Waals surface area contributed by atoms with Crippen LogP contribution in [0.1, 0.15) is 18.9 Å². The molecule has 1 saturated heterocycles. The van der Waals surface area contributed by atoms with Crippen LogP contribution < -0.4 is 10.2 Å². The van der Waals surface area contributed by atoms with Crippen molar-refractivity contribution in [3.63, 3.8) is 0 Å². The Morgan fingerprint density at radius 3 is 2.95 bits per heavy atom. The first-order valence-electron chi connectivity index (χ1n) is 7.31. The first kappa shape index (κ1) is 14.4. The number of aryl methyl sites for hydroxylation is 1. The van der Waals surface area contributed by atoms with Crippen LogP contribution in [0.25, 0.3) is 0 Å². The number of rotatable bonds is 5. The molecule has 0 aliphatic carbocycles. The van der Waals surface area contributed by atoms with Gasteiger partial charge in [0, 0.05) is 37.3 Å². The maximum Gasteiger partial charge on any atom is 0.0526 e. The van der Waals surface area contributed by atoms with Crippen LogP contribution >= 0.6 is 0 Å². The molecule has 1 heterocycles. The Hall–Kier alpha value is -1.06. The third kappa shape index (κ3) is 3.71. The van der Waals surface area contributed by atoms with E-state index in [2.05, 4.69) is 55.4 Å². The van der Waals surface area contributed by atoms with Crippen LogP contribution in [-0.2, 0) is 4.74 Å². The second-order valence-corrected chi connectivity index (χ2v) is 5.40. The molecule has 2 unspecified atom stereocenters. The van der Waals surface area contributed by atoms with Crippen LogP contribution in [0.15, 0.2) is 24.3 Å². The number of nitrogens with one attached hydrogen (secondary N) is 1. The lowest BCUT2D eigenvalue weighted by atomic mass is 9.95. The maximum absolute atomic E-state index is 5.65. The molecule has 1 aliphatic heterocycles. The monoisotopic (exact) mass is 262 g/mol. The van der Waals surface area contributed by atoms with Gasteiger partial charge in [-0.05, 0) is 45.0 Å². The summed E-state index contributed by atoms with van der Waals surface area (Å²) in [6.45, 7) is 8.23. The second kappa shape index (κ2) is 6.92. The van der Waals surface area contributed by atoms with E-state index >= 15 is 0 Å². The van der Waals surface area contributed by atoms with Crippen molar-refractivity contribution in [2.75, 3.05) is 38.3 Å². The lowest BCUT2D eigenvalue weighted by molar-refractivity contribution is 0.0368. The minimum absolute atomic E-state index is 0.569. The van der Waals surface area contributed by atoms with Crippen molar-refractivity contribution >= 4 is 5.69 Å². The molecule has 19 heavy (non-hydrogen) atoms. The number of hydrogen-bond donors (Lipinski definition) is 1. The van der Waals surface area contributed by atoms with Gasteiger partial charge in [0.15, 0.2) is 0 Å². The fourth-order valence-electron chi connectivity index (χ4n) is 2.88. The molecule has 0 bridgehead atoms. The molecule has 0 radical (unpaired) electrons. The summed E-state index contributed by atoms with van der Waals surface area (Å²) < 4.78 is 5.65. The zero-order valence-corrected chi connectivity index (χ0v) is 12.4. The highest BCUT2D eigenvalue weighted by Crippen LogP contribution is 2.21. The molecule has 0 amide bonds. The standard InChI is InChI=1S/C16H26N2O/c1-4-18(15-7-5-6-13(2)10-15)11-14-12-19-9-8-16(14)17-3/h5-7,10,14,16-17H,4,8-9,11-12H2,1-3H3. The average molecular weight is 262 g/mol. The van der Waals surface area contributed by atoms with Crippen LogP contribution in [0.5, 0.6) is 0 Å². The third-order valence-electron chi connectivity index (χ3n) is 4.05. The van der Waals surface area contributed by atoms with Crippen LogP contribution in [0.3, 0.4) is 0 Å². The van der Waals surface area contributed by atoms with E-state index in [9.17, 15) is 0 Å². The molecular weight excluding hydrogens is 236 g/mol. The van der Waals surface area contributed by atoms with Crippen molar-refractivity contribution in [2.24, 2.45) is 5.92 Å². The van der Waals surface area contributed by atoms with E-state index in [1.54, 1.807) is 0 Å². The Morgan fingerprint density at radius 2 is 2.26 bits per heavy atom. The summed E-state index contributed by atoms with van der Waals surface area (Å²) in [5.74, 6) is 0.569. The van der Waals surface area contributed by atoms with Crippen LogP contribution in [0.4, 0.5) is 5.69 Å². The second-order valence-electron chi connectivity index (χ2n) is 5.40. The fraction of sp³-hybridized carbons (Fsp3) is 0.625. The van der Waals surface area contributed by atoms with Crippen LogP contribution in [0, 0.1) is 12.8 Å². The SMILES string of the molecule is CCN(CC1COCCC1NC)c1cccc(C)c1. The molecule has 0 spiro atoms. The molecular formula is C16H26N2O. The van der Waals surface area contributed by atoms with Crippen molar-refractivity contribution in [3.8, 4) is 0 Å². The number of ether oxygens (including phenoxy) is 1. The molecule has 0 aromatic heterocycles. The number of nitrogens with zero attached hydrogens (tertiary/aromatic N) is 1. The maximum atomic E-state index is 5.65. The summed E-state index contributed by atoms with van der Waals surface area (Å²) in [5, 5.41) is 3.44. The summed E-state index contributed by atoms with van der Waals surface area (Å²) >= 11 is 0. The van der Waals surface area contributed by atoms with Gasteiger partial charge in [0.1, 0.15) is 0 Å². The van der Waals surface area contributed by atoms with Crippen molar-refractivity contribution in [3.05, 3.63) is 29.8 Å². The summed E-state index contributed by atoms with van der Waals surface area (Å²) in [7, 11) is 2.06. The minimum Gasteiger partial charge on any atom is -0.381 e. The Morgan fingerprint density at radius 1 is 1.42 bits per heavy atom. The van der Waals surface area contributed by atoms with E-state index in [-0.39, 0.29) is 0 Å². The molecule has 1 aliphatic rings. The molecule has 1 aromatic rings. The van der Waals surface area contributed by atoms with Gasteiger partial charge in [-0.3, -0.25) is 0 Å². The number of benzene rings is 1. The number of hydrogen-bond acceptors (Lipinski definition) is 3. The average Bonchev–Trinajstić information content (AvgIpc) is 2.45. The van der Waals surface area contributed by atoms with Crippen molar-refractivity contribution in [2.45, 2.75) is 26.3 Å². The van der Waals surface area contributed by atoms with E-state index in [1.807, 2.05) is 0 Å². The predicted molar refractivity (Wildman–Crippen MR) is 80.8 cm³/mol. The number of anilines is 1. The zero-order chi connectivity index (χ0) is 13.7. The van der Waals surface area contributed by atoms with Crippen LogP contribution in [-0.4, -0.2) is 39.4 Å². The van der Waals surface area contributed by atoms with E-state index in [4.69, 9.17) is 4.74 Å². The van der Waals surface area contributed by atoms with Gasteiger partial charge in [-0.15, -0.1) is 0 Å². The first-order valence-corrected chi connectivity index (χ1v) is 7.31. The summed E-state index contributed by atoms with van der Waals surface area (Å²) in [4.78, 5) is 2.46. The van der Waals surface area contributed by atoms with Crippen molar-refractivity contribution in [1.29, 1.82) is 0 Å². The van der Waals surface area contributed by atoms with E-state index in [1.165, 1.54) is 11.3 Å². The smallest absolute Gasteiger partial charge is 0.0526 e. The first-order chi connectivity index (χ1) is 9.24. The lowest BCUT2D eigenvalue weighted by Crippen LogP contribution is -2.46. The van der Waals surface area contributed by atoms with Crippen LogP contribution in [0.2, 0.25) is 0 Å². The molecule has 3 heteroatoms. The van der Waals surface area contributed by atoms with E-state index in [0.29, 0.717) is 12.0 Å². The molecule has 0 saturated carbocycles. The highest BCUT2D eigenvalue weighted by Gasteiger charge is 2.26. The quantitative estimate of drug-likeness (QED) is 0.882. The summed E-state index contributed by atoms with van der Waals surface area (Å²) in [5.41, 5.74) is 2.64. The third-order valence-corrected chi connectivity index (χ3v) is 4.05. The fourth-order valence-corrected chi connectivity index (χ4v) is 2.88. The van der Waals surface area contributed by atoms with E-state index in [0.717, 1.165) is 32.7 Å². The Balaban J connectivity index is 2.05. The predicted octanol–water partition coefficient (Wildman–Crippen LogP) is 2.45. The molecule has 2 atom stereocenters. The highest BCUT2D eigenvalue weighted by molar-refractivity contribution is 5.48. The largest absolute Gasteiger partial charge is 0.381 e. The minimum atomic E-state index is 0.569. The molecule has 3 nitrogen and oxygen atoms in total. The van der Waals surface area contributed by atoms with Gasteiger partial charge in [0.2, 0.25) is 0 Å². The van der Waals surface area contributed by atoms with Gasteiger partial charge >= 0.3 is 0 Å². The van der Waals surface area contributed by atoms with Gasteiger partial charge in [-0.1, -0.05) is 12.1 Å². The Kier molecular flexibility index (Phi) is 5.23. The Labute approximate surface area is 116 Å². The van der Waals surface area contributed by atoms with Gasteiger partial charge < -0.3 is 15.0 Å². The van der Waals surface area contributed by atoms with Gasteiger partial charge in [-0.2, -0.15) is 0 Å². The van der Waals surface area contributed by atoms with Gasteiger partial charge in [0.25, 0.3) is 0 Å². The topological polar surface area (TPSA) is 24.5 Å². The Bertz CT molecular complexity index is 394. The van der Waals surface area contributed by atoms with Crippen molar-refractivity contribution < 1.29 is 4.74 Å². The summed E-state index contributed by atoms with van der Waals surface area (Å²) in [6, 6.07) is 9.33. The molecule has 1 fully saturated rings. The zero-order valence-electron chi connectivity index (χ0n) is 12.4. The van der Waals surface area contributed by atoms with Gasteiger partial charge in [-0.25, -0.2) is 0 Å². The highest BCUT2D eigenvalue weighted by atomic mass is 16.5. The molecule has 2 rings (SSSR count). The normalized spacial score (nSPS) is 23.3. The van der Waals surface area contributed by atoms with Gasteiger partial charge in [0.05, 0.1) is 6.61 Å².